The van der Waals surface area contributed by atoms with Crippen LogP contribution in [0.3, 0.4) is 0 Å². The molecule has 1 heterocycles. The van der Waals surface area contributed by atoms with Gasteiger partial charge in [0.2, 0.25) is 0 Å². The van der Waals surface area contributed by atoms with Crippen molar-refractivity contribution in [1.82, 2.24) is 5.32 Å². The summed E-state index contributed by atoms with van der Waals surface area (Å²) >= 11 is 6.71. The van der Waals surface area contributed by atoms with Gasteiger partial charge in [0.15, 0.2) is 6.61 Å². The second kappa shape index (κ2) is 10.9. The number of hydrogen-bond acceptors (Lipinski definition) is 6. The molecular formula is C26H19Br2NO6. The van der Waals surface area contributed by atoms with Crippen molar-refractivity contribution in [3.8, 4) is 11.5 Å². The van der Waals surface area contributed by atoms with Crippen molar-refractivity contribution in [1.29, 1.82) is 0 Å². The molecule has 0 radical (unpaired) electrons. The molecule has 1 atom stereocenters. The SMILES string of the molecule is CC(NC(=O)c1cc2ccc(OC(=O)COc3ccc(Br)cc3Br)cc2oc1=O)c1ccccc1. The van der Waals surface area contributed by atoms with Crippen LogP contribution in [-0.4, -0.2) is 18.5 Å². The Morgan fingerprint density at radius 2 is 1.77 bits per heavy atom. The van der Waals surface area contributed by atoms with Gasteiger partial charge in [-0.25, -0.2) is 9.59 Å². The van der Waals surface area contributed by atoms with Gasteiger partial charge in [0, 0.05) is 15.9 Å². The first-order chi connectivity index (χ1) is 16.8. The number of amides is 1. The van der Waals surface area contributed by atoms with Gasteiger partial charge in [-0.2, -0.15) is 0 Å². The molecule has 0 bridgehead atoms. The summed E-state index contributed by atoms with van der Waals surface area (Å²) < 4.78 is 17.7. The van der Waals surface area contributed by atoms with Crippen molar-refractivity contribution >= 4 is 54.7 Å². The topological polar surface area (TPSA) is 94.8 Å². The predicted octanol–water partition coefficient (Wildman–Crippen LogP) is 5.79. The fourth-order valence-corrected chi connectivity index (χ4v) is 4.46. The van der Waals surface area contributed by atoms with E-state index in [1.807, 2.05) is 37.3 Å². The number of nitrogens with one attached hydrogen (secondary N) is 1. The molecule has 1 unspecified atom stereocenters. The van der Waals surface area contributed by atoms with Crippen LogP contribution in [-0.2, 0) is 4.79 Å². The van der Waals surface area contributed by atoms with Gasteiger partial charge in [0.25, 0.3) is 5.91 Å². The van der Waals surface area contributed by atoms with Crippen molar-refractivity contribution < 1.29 is 23.5 Å². The standard InChI is InChI=1S/C26H19Br2NO6/c1-15(16-5-3-2-4-6-16)29-25(31)20-11-17-7-9-19(13-23(17)35-26(20)32)34-24(30)14-33-22-10-8-18(27)12-21(22)28/h2-13,15H,14H2,1H3,(H,29,31). The summed E-state index contributed by atoms with van der Waals surface area (Å²) in [5, 5.41) is 3.31. The van der Waals surface area contributed by atoms with E-state index in [9.17, 15) is 14.4 Å². The van der Waals surface area contributed by atoms with E-state index in [0.29, 0.717) is 15.6 Å². The van der Waals surface area contributed by atoms with Gasteiger partial charge < -0.3 is 19.2 Å². The maximum absolute atomic E-state index is 12.7. The summed E-state index contributed by atoms with van der Waals surface area (Å²) in [6.07, 6.45) is 0. The summed E-state index contributed by atoms with van der Waals surface area (Å²) in [4.78, 5) is 37.4. The lowest BCUT2D eigenvalue weighted by Gasteiger charge is -2.14. The van der Waals surface area contributed by atoms with E-state index in [2.05, 4.69) is 37.2 Å². The van der Waals surface area contributed by atoms with Gasteiger partial charge in [-0.1, -0.05) is 46.3 Å². The summed E-state index contributed by atoms with van der Waals surface area (Å²) in [6, 6.07) is 20.4. The molecule has 0 saturated carbocycles. The summed E-state index contributed by atoms with van der Waals surface area (Å²) in [7, 11) is 0. The number of halogens is 2. The minimum absolute atomic E-state index is 0.112. The van der Waals surface area contributed by atoms with E-state index >= 15 is 0 Å². The van der Waals surface area contributed by atoms with Crippen LogP contribution in [0.25, 0.3) is 11.0 Å². The summed E-state index contributed by atoms with van der Waals surface area (Å²) in [5.41, 5.74) is 0.194. The maximum atomic E-state index is 12.7. The Balaban J connectivity index is 1.44. The monoisotopic (exact) mass is 599 g/mol. The molecule has 4 aromatic rings. The van der Waals surface area contributed by atoms with Gasteiger partial charge in [-0.15, -0.1) is 0 Å². The van der Waals surface area contributed by atoms with Crippen LogP contribution in [0.15, 0.2) is 91.0 Å². The molecule has 0 fully saturated rings. The van der Waals surface area contributed by atoms with Crippen molar-refractivity contribution in [3.05, 3.63) is 103 Å². The minimum Gasteiger partial charge on any atom is -0.481 e. The molecule has 1 aromatic heterocycles. The molecule has 35 heavy (non-hydrogen) atoms. The van der Waals surface area contributed by atoms with E-state index < -0.39 is 17.5 Å². The first-order valence-corrected chi connectivity index (χ1v) is 12.1. The van der Waals surface area contributed by atoms with Gasteiger partial charge in [-0.05, 0) is 64.8 Å². The molecule has 0 saturated heterocycles. The molecule has 4 rings (SSSR count). The molecule has 0 spiro atoms. The number of benzene rings is 3. The molecule has 0 aliphatic carbocycles. The highest BCUT2D eigenvalue weighted by atomic mass is 79.9. The Morgan fingerprint density at radius 3 is 2.51 bits per heavy atom. The van der Waals surface area contributed by atoms with Crippen LogP contribution < -0.4 is 20.4 Å². The lowest BCUT2D eigenvalue weighted by Crippen LogP contribution is -2.30. The van der Waals surface area contributed by atoms with Crippen molar-refractivity contribution in [2.75, 3.05) is 6.61 Å². The number of hydrogen-bond donors (Lipinski definition) is 1. The number of carbonyl (C=O) groups excluding carboxylic acids is 2. The van der Waals surface area contributed by atoms with E-state index in [1.165, 1.54) is 12.1 Å². The zero-order chi connectivity index (χ0) is 24.9. The zero-order valence-electron chi connectivity index (χ0n) is 18.4. The molecule has 1 N–H and O–H groups in total. The van der Waals surface area contributed by atoms with Gasteiger partial charge >= 0.3 is 11.6 Å². The highest BCUT2D eigenvalue weighted by molar-refractivity contribution is 9.11. The number of fused-ring (bicyclic) bond motifs is 1. The van der Waals surface area contributed by atoms with Gasteiger partial charge in [0.1, 0.15) is 22.6 Å². The third kappa shape index (κ3) is 6.17. The van der Waals surface area contributed by atoms with Crippen LogP contribution in [0.2, 0.25) is 0 Å². The minimum atomic E-state index is -0.790. The average Bonchev–Trinajstić information content (AvgIpc) is 2.83. The third-order valence-electron chi connectivity index (χ3n) is 5.07. The quantitative estimate of drug-likeness (QED) is 0.164. The third-order valence-corrected chi connectivity index (χ3v) is 6.18. The van der Waals surface area contributed by atoms with E-state index in [-0.39, 0.29) is 29.5 Å². The molecule has 0 aliphatic heterocycles. The van der Waals surface area contributed by atoms with E-state index in [4.69, 9.17) is 13.9 Å². The fourth-order valence-electron chi connectivity index (χ4n) is 3.30. The molecule has 9 heteroatoms. The predicted molar refractivity (Wildman–Crippen MR) is 138 cm³/mol. The maximum Gasteiger partial charge on any atom is 0.349 e. The molecular weight excluding hydrogens is 582 g/mol. The molecule has 7 nitrogen and oxygen atoms in total. The Morgan fingerprint density at radius 1 is 1.00 bits per heavy atom. The first kappa shape index (κ1) is 24.7. The van der Waals surface area contributed by atoms with Crippen molar-refractivity contribution in [2.45, 2.75) is 13.0 Å². The second-order valence-electron chi connectivity index (χ2n) is 7.59. The smallest absolute Gasteiger partial charge is 0.349 e. The normalized spacial score (nSPS) is 11.6. The Labute approximate surface area is 217 Å². The van der Waals surface area contributed by atoms with Crippen molar-refractivity contribution in [2.24, 2.45) is 0 Å². The second-order valence-corrected chi connectivity index (χ2v) is 9.36. The van der Waals surface area contributed by atoms with E-state index in [1.54, 1.807) is 30.3 Å². The highest BCUT2D eigenvalue weighted by Crippen LogP contribution is 2.28. The lowest BCUT2D eigenvalue weighted by atomic mass is 10.1. The molecule has 178 valence electrons. The van der Waals surface area contributed by atoms with Crippen LogP contribution in [0.5, 0.6) is 11.5 Å². The highest BCUT2D eigenvalue weighted by Gasteiger charge is 2.17. The Hall–Kier alpha value is -3.43. The first-order valence-electron chi connectivity index (χ1n) is 10.5. The fraction of sp³-hybridized carbons (Fsp3) is 0.115. The Bertz CT molecular complexity index is 1450. The molecule has 0 aliphatic rings. The van der Waals surface area contributed by atoms with Crippen LogP contribution >= 0.6 is 31.9 Å². The number of carbonyl (C=O) groups is 2. The number of ether oxygens (including phenoxy) is 2. The van der Waals surface area contributed by atoms with Crippen LogP contribution in [0, 0.1) is 0 Å². The van der Waals surface area contributed by atoms with E-state index in [0.717, 1.165) is 10.0 Å². The Kier molecular flexibility index (Phi) is 7.67. The summed E-state index contributed by atoms with van der Waals surface area (Å²) in [5.74, 6) is -0.503. The average molecular weight is 601 g/mol. The number of rotatable bonds is 7. The largest absolute Gasteiger partial charge is 0.481 e. The van der Waals surface area contributed by atoms with Gasteiger partial charge in [-0.3, -0.25) is 4.79 Å². The van der Waals surface area contributed by atoms with Crippen LogP contribution in [0.4, 0.5) is 0 Å². The summed E-state index contributed by atoms with van der Waals surface area (Å²) in [6.45, 7) is 1.51. The van der Waals surface area contributed by atoms with Gasteiger partial charge in [0.05, 0.1) is 10.5 Å². The molecule has 3 aromatic carbocycles. The zero-order valence-corrected chi connectivity index (χ0v) is 21.6. The molecule has 1 amide bonds. The number of esters is 1. The lowest BCUT2D eigenvalue weighted by molar-refractivity contribution is -0.136. The van der Waals surface area contributed by atoms with Crippen molar-refractivity contribution in [3.63, 3.8) is 0 Å². The van der Waals surface area contributed by atoms with Crippen LogP contribution in [0.1, 0.15) is 28.9 Å².